The van der Waals surface area contributed by atoms with Crippen LogP contribution < -0.4 is 0 Å². The summed E-state index contributed by atoms with van der Waals surface area (Å²) in [6.45, 7) is 8.85. The van der Waals surface area contributed by atoms with Crippen LogP contribution in [0.3, 0.4) is 0 Å². The SMILES string of the molecule is Cc1nc(-c2ccc(C(C)(C)C)cc2)sc1CCO. The average Bonchev–Trinajstić information content (AvgIpc) is 2.71. The number of hydrogen-bond donors (Lipinski definition) is 1. The van der Waals surface area contributed by atoms with E-state index in [1.165, 1.54) is 10.4 Å². The molecule has 1 heterocycles. The Balaban J connectivity index is 2.30. The van der Waals surface area contributed by atoms with Crippen LogP contribution in [0.15, 0.2) is 24.3 Å². The third kappa shape index (κ3) is 3.23. The van der Waals surface area contributed by atoms with Gasteiger partial charge in [0, 0.05) is 23.5 Å². The van der Waals surface area contributed by atoms with Crippen molar-refractivity contribution in [3.05, 3.63) is 40.4 Å². The first-order chi connectivity index (χ1) is 8.91. The Morgan fingerprint density at radius 2 is 1.79 bits per heavy atom. The fraction of sp³-hybridized carbons (Fsp3) is 0.438. The molecule has 0 saturated heterocycles. The highest BCUT2D eigenvalue weighted by molar-refractivity contribution is 7.15. The highest BCUT2D eigenvalue weighted by atomic mass is 32.1. The van der Waals surface area contributed by atoms with E-state index < -0.39 is 0 Å². The van der Waals surface area contributed by atoms with Crippen molar-refractivity contribution >= 4 is 11.3 Å². The van der Waals surface area contributed by atoms with Gasteiger partial charge in [0.15, 0.2) is 0 Å². The Bertz CT molecular complexity index is 549. The number of nitrogens with zero attached hydrogens (tertiary/aromatic N) is 1. The van der Waals surface area contributed by atoms with Gasteiger partial charge in [0.05, 0.1) is 5.69 Å². The number of benzene rings is 1. The number of rotatable bonds is 3. The Hall–Kier alpha value is -1.19. The van der Waals surface area contributed by atoms with Gasteiger partial charge >= 0.3 is 0 Å². The number of aromatic nitrogens is 1. The molecule has 1 aromatic carbocycles. The minimum Gasteiger partial charge on any atom is -0.396 e. The molecule has 0 bridgehead atoms. The van der Waals surface area contributed by atoms with Gasteiger partial charge in [-0.1, -0.05) is 45.0 Å². The summed E-state index contributed by atoms with van der Waals surface area (Å²) in [5.41, 5.74) is 3.71. The zero-order chi connectivity index (χ0) is 14.0. The highest BCUT2D eigenvalue weighted by Crippen LogP contribution is 2.30. The predicted octanol–water partition coefficient (Wildman–Crippen LogP) is 3.95. The standard InChI is InChI=1S/C16H21NOS/c1-11-14(9-10-18)19-15(17-11)12-5-7-13(8-6-12)16(2,3)4/h5-8,18H,9-10H2,1-4H3. The molecule has 0 amide bonds. The van der Waals surface area contributed by atoms with Gasteiger partial charge in [-0.25, -0.2) is 4.98 Å². The molecule has 0 aliphatic heterocycles. The maximum Gasteiger partial charge on any atom is 0.123 e. The zero-order valence-electron chi connectivity index (χ0n) is 12.0. The van der Waals surface area contributed by atoms with Crippen molar-refractivity contribution in [1.29, 1.82) is 0 Å². The van der Waals surface area contributed by atoms with E-state index in [0.29, 0.717) is 6.42 Å². The summed E-state index contributed by atoms with van der Waals surface area (Å²) in [5, 5.41) is 10.1. The zero-order valence-corrected chi connectivity index (χ0v) is 12.8. The van der Waals surface area contributed by atoms with E-state index in [4.69, 9.17) is 5.11 Å². The molecule has 0 radical (unpaired) electrons. The minimum atomic E-state index is 0.180. The minimum absolute atomic E-state index is 0.180. The van der Waals surface area contributed by atoms with Crippen molar-refractivity contribution in [1.82, 2.24) is 4.98 Å². The van der Waals surface area contributed by atoms with Crippen LogP contribution in [-0.4, -0.2) is 16.7 Å². The lowest BCUT2D eigenvalue weighted by molar-refractivity contribution is 0.300. The quantitative estimate of drug-likeness (QED) is 0.920. The van der Waals surface area contributed by atoms with Crippen molar-refractivity contribution < 1.29 is 5.11 Å². The number of aryl methyl sites for hydroxylation is 1. The summed E-state index contributed by atoms with van der Waals surface area (Å²) in [6.07, 6.45) is 0.698. The van der Waals surface area contributed by atoms with Crippen molar-refractivity contribution in [3.63, 3.8) is 0 Å². The molecular weight excluding hydrogens is 254 g/mol. The molecule has 2 nitrogen and oxygen atoms in total. The van der Waals surface area contributed by atoms with Crippen LogP contribution in [0.1, 0.15) is 36.9 Å². The van der Waals surface area contributed by atoms with E-state index in [2.05, 4.69) is 50.0 Å². The van der Waals surface area contributed by atoms with Gasteiger partial charge in [-0.15, -0.1) is 11.3 Å². The van der Waals surface area contributed by atoms with Crippen LogP contribution in [0.5, 0.6) is 0 Å². The second kappa shape index (κ2) is 5.43. The largest absolute Gasteiger partial charge is 0.396 e. The van der Waals surface area contributed by atoms with E-state index in [0.717, 1.165) is 16.3 Å². The summed E-state index contributed by atoms with van der Waals surface area (Å²) in [7, 11) is 0. The second-order valence-corrected chi connectivity index (χ2v) is 6.91. The maximum atomic E-state index is 9.03. The molecule has 102 valence electrons. The summed E-state index contributed by atoms with van der Waals surface area (Å²) in [5.74, 6) is 0. The van der Waals surface area contributed by atoms with Gasteiger partial charge in [0.25, 0.3) is 0 Å². The lowest BCUT2D eigenvalue weighted by Gasteiger charge is -2.18. The maximum absolute atomic E-state index is 9.03. The number of aliphatic hydroxyl groups excluding tert-OH is 1. The van der Waals surface area contributed by atoms with Gasteiger partial charge in [-0.3, -0.25) is 0 Å². The van der Waals surface area contributed by atoms with Crippen LogP contribution in [-0.2, 0) is 11.8 Å². The van der Waals surface area contributed by atoms with Gasteiger partial charge < -0.3 is 5.11 Å². The summed E-state index contributed by atoms with van der Waals surface area (Å²) < 4.78 is 0. The second-order valence-electron chi connectivity index (χ2n) is 5.83. The van der Waals surface area contributed by atoms with E-state index in [1.54, 1.807) is 11.3 Å². The molecule has 2 aromatic rings. The molecule has 0 aliphatic rings. The molecule has 1 aromatic heterocycles. The topological polar surface area (TPSA) is 33.1 Å². The molecule has 0 spiro atoms. The summed E-state index contributed by atoms with van der Waals surface area (Å²) in [6, 6.07) is 8.64. The van der Waals surface area contributed by atoms with E-state index in [1.807, 2.05) is 6.92 Å². The molecule has 0 aliphatic carbocycles. The summed E-state index contributed by atoms with van der Waals surface area (Å²) >= 11 is 1.68. The lowest BCUT2D eigenvalue weighted by atomic mass is 9.87. The van der Waals surface area contributed by atoms with Crippen LogP contribution in [0.25, 0.3) is 10.6 Å². The third-order valence-electron chi connectivity index (χ3n) is 3.23. The first-order valence-corrected chi connectivity index (χ1v) is 7.41. The molecule has 1 N–H and O–H groups in total. The fourth-order valence-corrected chi connectivity index (χ4v) is 3.05. The van der Waals surface area contributed by atoms with E-state index in [-0.39, 0.29) is 12.0 Å². The van der Waals surface area contributed by atoms with Gasteiger partial charge in [-0.2, -0.15) is 0 Å². The Kier molecular flexibility index (Phi) is 4.07. The first kappa shape index (κ1) is 14.2. The molecule has 2 rings (SSSR count). The van der Waals surface area contributed by atoms with Crippen molar-refractivity contribution in [2.24, 2.45) is 0 Å². The number of aliphatic hydroxyl groups is 1. The average molecular weight is 275 g/mol. The Labute approximate surface area is 119 Å². The van der Waals surface area contributed by atoms with E-state index in [9.17, 15) is 0 Å². The lowest BCUT2D eigenvalue weighted by Crippen LogP contribution is -2.10. The number of thiazole rings is 1. The van der Waals surface area contributed by atoms with Crippen LogP contribution in [0.4, 0.5) is 0 Å². The van der Waals surface area contributed by atoms with Gasteiger partial charge in [0.1, 0.15) is 5.01 Å². The monoisotopic (exact) mass is 275 g/mol. The van der Waals surface area contributed by atoms with Crippen LogP contribution in [0, 0.1) is 6.92 Å². The van der Waals surface area contributed by atoms with Crippen molar-refractivity contribution in [2.45, 2.75) is 39.5 Å². The molecular formula is C16H21NOS. The highest BCUT2D eigenvalue weighted by Gasteiger charge is 2.14. The van der Waals surface area contributed by atoms with Crippen LogP contribution >= 0.6 is 11.3 Å². The first-order valence-electron chi connectivity index (χ1n) is 6.60. The molecule has 19 heavy (non-hydrogen) atoms. The van der Waals surface area contributed by atoms with Crippen molar-refractivity contribution in [3.8, 4) is 10.6 Å². The normalized spacial score (nSPS) is 11.8. The van der Waals surface area contributed by atoms with E-state index >= 15 is 0 Å². The molecule has 0 fully saturated rings. The van der Waals surface area contributed by atoms with Crippen LogP contribution in [0.2, 0.25) is 0 Å². The molecule has 0 atom stereocenters. The predicted molar refractivity (Wildman–Crippen MR) is 81.8 cm³/mol. The van der Waals surface area contributed by atoms with Crippen molar-refractivity contribution in [2.75, 3.05) is 6.61 Å². The summed E-state index contributed by atoms with van der Waals surface area (Å²) in [4.78, 5) is 5.78. The number of hydrogen-bond acceptors (Lipinski definition) is 3. The Morgan fingerprint density at radius 1 is 1.16 bits per heavy atom. The van der Waals surface area contributed by atoms with Gasteiger partial charge in [0.2, 0.25) is 0 Å². The van der Waals surface area contributed by atoms with Gasteiger partial charge in [-0.05, 0) is 17.9 Å². The molecule has 3 heteroatoms. The third-order valence-corrected chi connectivity index (χ3v) is 4.50. The smallest absolute Gasteiger partial charge is 0.123 e. The molecule has 0 saturated carbocycles. The Morgan fingerprint density at radius 3 is 2.32 bits per heavy atom. The molecule has 0 unspecified atom stereocenters. The fourth-order valence-electron chi connectivity index (χ4n) is 2.00.